The number of thiophene rings is 1. The van der Waals surface area contributed by atoms with Gasteiger partial charge in [-0.2, -0.15) is 4.98 Å². The molecule has 0 spiro atoms. The Morgan fingerprint density at radius 2 is 2.26 bits per heavy atom. The summed E-state index contributed by atoms with van der Waals surface area (Å²) in [5.74, 6) is 1.05. The second-order valence-corrected chi connectivity index (χ2v) is 6.46. The van der Waals surface area contributed by atoms with E-state index in [1.807, 2.05) is 40.6 Å². The van der Waals surface area contributed by atoms with Gasteiger partial charge in [0.05, 0.1) is 12.5 Å². The number of hydrogen-bond acceptors (Lipinski definition) is 6. The van der Waals surface area contributed by atoms with E-state index in [2.05, 4.69) is 15.1 Å². The highest BCUT2D eigenvalue weighted by molar-refractivity contribution is 7.09. The van der Waals surface area contributed by atoms with Gasteiger partial charge in [-0.15, -0.1) is 11.3 Å². The van der Waals surface area contributed by atoms with Crippen molar-refractivity contribution in [3.05, 3.63) is 52.7 Å². The van der Waals surface area contributed by atoms with Crippen LogP contribution in [0, 0.1) is 0 Å². The number of carbonyl (C=O) groups is 1. The Morgan fingerprint density at radius 3 is 3.04 bits per heavy atom. The smallest absolute Gasteiger partial charge is 0.232 e. The molecule has 4 heterocycles. The van der Waals surface area contributed by atoms with Gasteiger partial charge in [-0.05, 0) is 23.6 Å². The van der Waals surface area contributed by atoms with Crippen molar-refractivity contribution in [2.75, 3.05) is 6.54 Å². The normalized spacial score (nSPS) is 17.8. The third kappa shape index (κ3) is 2.87. The molecule has 0 saturated carbocycles. The van der Waals surface area contributed by atoms with Crippen LogP contribution < -0.4 is 0 Å². The van der Waals surface area contributed by atoms with Crippen molar-refractivity contribution in [2.24, 2.45) is 0 Å². The Bertz CT molecular complexity index is 801. The van der Waals surface area contributed by atoms with Gasteiger partial charge in [-0.1, -0.05) is 17.3 Å². The summed E-state index contributed by atoms with van der Waals surface area (Å²) in [7, 11) is 0. The van der Waals surface area contributed by atoms with Crippen LogP contribution in [0.3, 0.4) is 0 Å². The molecule has 0 aromatic carbocycles. The first-order valence-corrected chi connectivity index (χ1v) is 8.23. The highest BCUT2D eigenvalue weighted by atomic mass is 32.1. The fourth-order valence-electron chi connectivity index (χ4n) is 2.68. The van der Waals surface area contributed by atoms with Crippen molar-refractivity contribution in [3.8, 4) is 11.5 Å². The molecule has 1 saturated heterocycles. The molecule has 0 N–H and O–H groups in total. The molecule has 0 radical (unpaired) electrons. The molecule has 7 heteroatoms. The van der Waals surface area contributed by atoms with E-state index in [0.717, 1.165) is 0 Å². The topological polar surface area (TPSA) is 72.1 Å². The summed E-state index contributed by atoms with van der Waals surface area (Å²) in [5.41, 5.74) is 0.669. The standard InChI is InChI=1S/C16H14N4O2S/c21-14-8-11(9-20(14)10-12-4-3-7-23-12)16-18-15(19-22-16)13-5-1-2-6-17-13/h1-7,11H,8-10H2/t11-/m0/s1. The van der Waals surface area contributed by atoms with E-state index in [-0.39, 0.29) is 11.8 Å². The molecule has 0 aliphatic carbocycles. The Kier molecular flexibility index (Phi) is 3.63. The maximum atomic E-state index is 12.2. The lowest BCUT2D eigenvalue weighted by Crippen LogP contribution is -2.23. The quantitative estimate of drug-likeness (QED) is 0.737. The minimum absolute atomic E-state index is 0.0487. The zero-order valence-corrected chi connectivity index (χ0v) is 13.1. The van der Waals surface area contributed by atoms with Gasteiger partial charge in [-0.3, -0.25) is 9.78 Å². The van der Waals surface area contributed by atoms with Crippen molar-refractivity contribution in [1.82, 2.24) is 20.0 Å². The highest BCUT2D eigenvalue weighted by Gasteiger charge is 2.34. The predicted molar refractivity (Wildman–Crippen MR) is 84.6 cm³/mol. The summed E-state index contributed by atoms with van der Waals surface area (Å²) in [4.78, 5) is 23.8. The van der Waals surface area contributed by atoms with E-state index in [4.69, 9.17) is 4.52 Å². The van der Waals surface area contributed by atoms with E-state index in [9.17, 15) is 4.79 Å². The zero-order valence-electron chi connectivity index (χ0n) is 12.3. The average Bonchev–Trinajstić information content (AvgIpc) is 3.31. The molecule has 23 heavy (non-hydrogen) atoms. The third-order valence-corrected chi connectivity index (χ3v) is 4.69. The minimum atomic E-state index is -0.0487. The second-order valence-electron chi connectivity index (χ2n) is 5.43. The summed E-state index contributed by atoms with van der Waals surface area (Å²) in [5, 5.41) is 6.00. The maximum absolute atomic E-state index is 12.2. The van der Waals surface area contributed by atoms with Gasteiger partial charge in [0.25, 0.3) is 0 Å². The summed E-state index contributed by atoms with van der Waals surface area (Å²) in [6, 6.07) is 9.58. The summed E-state index contributed by atoms with van der Waals surface area (Å²) >= 11 is 1.66. The van der Waals surface area contributed by atoms with Crippen LogP contribution in [0.15, 0.2) is 46.4 Å². The summed E-state index contributed by atoms with van der Waals surface area (Å²) in [6.07, 6.45) is 2.10. The van der Waals surface area contributed by atoms with Gasteiger partial charge in [0.15, 0.2) is 0 Å². The molecule has 3 aromatic heterocycles. The molecule has 1 fully saturated rings. The van der Waals surface area contributed by atoms with Gasteiger partial charge < -0.3 is 9.42 Å². The number of carbonyl (C=O) groups excluding carboxylic acids is 1. The summed E-state index contributed by atoms with van der Waals surface area (Å²) in [6.45, 7) is 1.26. The molecule has 0 bridgehead atoms. The SMILES string of the molecule is O=C1C[C@H](c2nc(-c3ccccn3)no2)CN1Cc1cccs1. The number of likely N-dealkylation sites (tertiary alicyclic amines) is 1. The van der Waals surface area contributed by atoms with Gasteiger partial charge in [0, 0.05) is 24.0 Å². The van der Waals surface area contributed by atoms with Crippen molar-refractivity contribution >= 4 is 17.2 Å². The number of hydrogen-bond donors (Lipinski definition) is 0. The number of aromatic nitrogens is 3. The van der Waals surface area contributed by atoms with Crippen molar-refractivity contribution in [2.45, 2.75) is 18.9 Å². The molecular formula is C16H14N4O2S. The number of nitrogens with zero attached hydrogens (tertiary/aromatic N) is 4. The van der Waals surface area contributed by atoms with Gasteiger partial charge >= 0.3 is 0 Å². The molecular weight excluding hydrogens is 312 g/mol. The molecule has 1 aliphatic rings. The van der Waals surface area contributed by atoms with Gasteiger partial charge in [-0.25, -0.2) is 0 Å². The van der Waals surface area contributed by atoms with E-state index in [0.29, 0.717) is 36.9 Å². The predicted octanol–water partition coefficient (Wildman–Crippen LogP) is 2.71. The van der Waals surface area contributed by atoms with Crippen LogP contribution in [-0.2, 0) is 11.3 Å². The molecule has 4 rings (SSSR count). The zero-order chi connectivity index (χ0) is 15.6. The maximum Gasteiger partial charge on any atom is 0.232 e. The van der Waals surface area contributed by atoms with Crippen LogP contribution >= 0.6 is 11.3 Å². The lowest BCUT2D eigenvalue weighted by Gasteiger charge is -2.14. The van der Waals surface area contributed by atoms with Gasteiger partial charge in [0.1, 0.15) is 5.69 Å². The van der Waals surface area contributed by atoms with Crippen LogP contribution in [0.4, 0.5) is 0 Å². The Hall–Kier alpha value is -2.54. The fraction of sp³-hybridized carbons (Fsp3) is 0.250. The first-order valence-electron chi connectivity index (χ1n) is 7.35. The first-order chi connectivity index (χ1) is 11.3. The lowest BCUT2D eigenvalue weighted by molar-refractivity contribution is -0.128. The van der Waals surface area contributed by atoms with Crippen LogP contribution in [0.1, 0.15) is 23.1 Å². The van der Waals surface area contributed by atoms with Gasteiger partial charge in [0.2, 0.25) is 17.6 Å². The lowest BCUT2D eigenvalue weighted by atomic mass is 10.1. The molecule has 1 amide bonds. The number of pyridine rings is 1. The number of amides is 1. The Balaban J connectivity index is 1.49. The monoisotopic (exact) mass is 326 g/mol. The molecule has 1 aliphatic heterocycles. The minimum Gasteiger partial charge on any atom is -0.339 e. The van der Waals surface area contributed by atoms with E-state index in [1.54, 1.807) is 17.5 Å². The summed E-state index contributed by atoms with van der Waals surface area (Å²) < 4.78 is 5.36. The van der Waals surface area contributed by atoms with E-state index in [1.165, 1.54) is 4.88 Å². The van der Waals surface area contributed by atoms with Crippen molar-refractivity contribution in [1.29, 1.82) is 0 Å². The largest absolute Gasteiger partial charge is 0.339 e. The Morgan fingerprint density at radius 1 is 1.30 bits per heavy atom. The van der Waals surface area contributed by atoms with Crippen molar-refractivity contribution in [3.63, 3.8) is 0 Å². The fourth-order valence-corrected chi connectivity index (χ4v) is 3.40. The average molecular weight is 326 g/mol. The van der Waals surface area contributed by atoms with Crippen LogP contribution in [0.25, 0.3) is 11.5 Å². The Labute approximate surface area is 136 Å². The van der Waals surface area contributed by atoms with Crippen LogP contribution in [0.2, 0.25) is 0 Å². The molecule has 0 unspecified atom stereocenters. The van der Waals surface area contributed by atoms with Crippen molar-refractivity contribution < 1.29 is 9.32 Å². The van der Waals surface area contributed by atoms with E-state index < -0.39 is 0 Å². The second kappa shape index (κ2) is 5.92. The molecule has 1 atom stereocenters. The van der Waals surface area contributed by atoms with E-state index >= 15 is 0 Å². The van der Waals surface area contributed by atoms with Crippen LogP contribution in [0.5, 0.6) is 0 Å². The van der Waals surface area contributed by atoms with Crippen LogP contribution in [-0.4, -0.2) is 32.5 Å². The number of rotatable bonds is 4. The molecule has 116 valence electrons. The highest BCUT2D eigenvalue weighted by Crippen LogP contribution is 2.29. The first kappa shape index (κ1) is 14.1. The molecule has 6 nitrogen and oxygen atoms in total. The third-order valence-electron chi connectivity index (χ3n) is 3.83. The molecule has 3 aromatic rings.